The first-order valence-electron chi connectivity index (χ1n) is 7.45. The first-order valence-corrected chi connectivity index (χ1v) is 10.2. The highest BCUT2D eigenvalue weighted by atomic mass is 32.2. The van der Waals surface area contributed by atoms with Crippen molar-refractivity contribution < 1.29 is 8.42 Å². The lowest BCUT2D eigenvalue weighted by molar-refractivity contribution is 0.559. The van der Waals surface area contributed by atoms with Crippen LogP contribution in [0.2, 0.25) is 0 Å². The summed E-state index contributed by atoms with van der Waals surface area (Å²) < 4.78 is 25.6. The molecule has 1 heterocycles. The first kappa shape index (κ1) is 16.6. The third-order valence-electron chi connectivity index (χ3n) is 3.74. The van der Waals surface area contributed by atoms with Crippen LogP contribution in [0.5, 0.6) is 0 Å². The van der Waals surface area contributed by atoms with Crippen molar-refractivity contribution in [3.8, 4) is 0 Å². The number of hydrogen-bond acceptors (Lipinski definition) is 4. The highest BCUT2D eigenvalue weighted by Gasteiger charge is 2.16. The van der Waals surface area contributed by atoms with Crippen LogP contribution in [-0.2, 0) is 10.0 Å². The Morgan fingerprint density at radius 3 is 2.62 bits per heavy atom. The molecule has 21 heavy (non-hydrogen) atoms. The summed E-state index contributed by atoms with van der Waals surface area (Å²) in [6, 6.07) is 7.89. The molecule has 0 bridgehead atoms. The van der Waals surface area contributed by atoms with E-state index in [2.05, 4.69) is 28.7 Å². The average molecular weight is 329 g/mol. The van der Waals surface area contributed by atoms with E-state index in [0.717, 1.165) is 11.8 Å². The molecule has 0 aliphatic carbocycles. The minimum atomic E-state index is -3.20. The van der Waals surface area contributed by atoms with Gasteiger partial charge in [-0.05, 0) is 50.1 Å². The Morgan fingerprint density at radius 2 is 2.05 bits per heavy atom. The largest absolute Gasteiger partial charge is 0.309 e. The summed E-state index contributed by atoms with van der Waals surface area (Å²) in [5.41, 5.74) is 1.80. The van der Waals surface area contributed by atoms with Crippen molar-refractivity contribution in [2.75, 3.05) is 22.8 Å². The van der Waals surface area contributed by atoms with Crippen molar-refractivity contribution in [2.24, 2.45) is 0 Å². The summed E-state index contributed by atoms with van der Waals surface area (Å²) in [4.78, 5) is 0. The number of thioether (sulfide) groups is 1. The molecule has 1 fully saturated rings. The predicted molar refractivity (Wildman–Crippen MR) is 91.4 cm³/mol. The van der Waals surface area contributed by atoms with Crippen molar-refractivity contribution >= 4 is 27.5 Å². The molecule has 2 atom stereocenters. The molecule has 6 heteroatoms. The maximum atomic E-state index is 11.5. The lowest BCUT2D eigenvalue weighted by atomic mass is 10.1. The SMILES string of the molecule is CCS(=O)(=O)Nc1ccc([C@H](C)NC[C@@H]2CCCS2)cc1. The minimum Gasteiger partial charge on any atom is -0.309 e. The number of nitrogens with one attached hydrogen (secondary N) is 2. The molecule has 1 aromatic rings. The van der Waals surface area contributed by atoms with Crippen molar-refractivity contribution in [3.05, 3.63) is 29.8 Å². The van der Waals surface area contributed by atoms with E-state index in [1.165, 1.54) is 24.2 Å². The van der Waals surface area contributed by atoms with E-state index in [9.17, 15) is 8.42 Å². The molecule has 1 saturated heterocycles. The van der Waals surface area contributed by atoms with Gasteiger partial charge < -0.3 is 5.32 Å². The van der Waals surface area contributed by atoms with Gasteiger partial charge in [0, 0.05) is 23.5 Å². The zero-order valence-corrected chi connectivity index (χ0v) is 14.3. The smallest absolute Gasteiger partial charge is 0.232 e. The zero-order chi connectivity index (χ0) is 15.3. The summed E-state index contributed by atoms with van der Waals surface area (Å²) in [6.07, 6.45) is 2.64. The molecular formula is C15H24N2O2S2. The summed E-state index contributed by atoms with van der Waals surface area (Å²) in [5, 5.41) is 4.30. The van der Waals surface area contributed by atoms with E-state index in [1.807, 2.05) is 24.3 Å². The van der Waals surface area contributed by atoms with Crippen molar-refractivity contribution in [1.82, 2.24) is 5.32 Å². The van der Waals surface area contributed by atoms with E-state index in [-0.39, 0.29) is 11.8 Å². The van der Waals surface area contributed by atoms with Gasteiger partial charge in [-0.15, -0.1) is 0 Å². The molecule has 1 aromatic carbocycles. The Hall–Kier alpha value is -0.720. The van der Waals surface area contributed by atoms with Crippen LogP contribution >= 0.6 is 11.8 Å². The Labute approximate surface area is 132 Å². The molecule has 1 aliphatic heterocycles. The van der Waals surface area contributed by atoms with E-state index in [0.29, 0.717) is 5.69 Å². The number of rotatable bonds is 7. The minimum absolute atomic E-state index is 0.0891. The molecule has 0 saturated carbocycles. The van der Waals surface area contributed by atoms with E-state index in [1.54, 1.807) is 6.92 Å². The number of sulfonamides is 1. The second kappa shape index (κ2) is 7.51. The Kier molecular flexibility index (Phi) is 5.96. The first-order chi connectivity index (χ1) is 10.00. The third-order valence-corrected chi connectivity index (χ3v) is 6.44. The highest BCUT2D eigenvalue weighted by Crippen LogP contribution is 2.26. The number of hydrogen-bond donors (Lipinski definition) is 2. The van der Waals surface area contributed by atoms with Crippen LogP contribution in [0, 0.1) is 0 Å². The molecule has 0 aromatic heterocycles. The van der Waals surface area contributed by atoms with Gasteiger partial charge in [0.1, 0.15) is 0 Å². The average Bonchev–Trinajstić information content (AvgIpc) is 2.98. The zero-order valence-electron chi connectivity index (χ0n) is 12.6. The van der Waals surface area contributed by atoms with Gasteiger partial charge in [0.2, 0.25) is 10.0 Å². The Morgan fingerprint density at radius 1 is 1.33 bits per heavy atom. The fourth-order valence-corrected chi connectivity index (χ4v) is 4.18. The third kappa shape index (κ3) is 5.20. The van der Waals surface area contributed by atoms with Gasteiger partial charge in [0.15, 0.2) is 0 Å². The number of anilines is 1. The second-order valence-electron chi connectivity index (χ2n) is 5.39. The number of benzene rings is 1. The van der Waals surface area contributed by atoms with E-state index < -0.39 is 10.0 Å². The second-order valence-corrected chi connectivity index (χ2v) is 8.81. The molecule has 118 valence electrons. The maximum Gasteiger partial charge on any atom is 0.232 e. The molecule has 0 radical (unpaired) electrons. The molecule has 0 unspecified atom stereocenters. The lowest BCUT2D eigenvalue weighted by Crippen LogP contribution is -2.26. The summed E-state index contributed by atoms with van der Waals surface area (Å²) in [5.74, 6) is 1.37. The van der Waals surface area contributed by atoms with Crippen LogP contribution < -0.4 is 10.0 Å². The van der Waals surface area contributed by atoms with Gasteiger partial charge in [-0.3, -0.25) is 4.72 Å². The fourth-order valence-electron chi connectivity index (χ4n) is 2.32. The van der Waals surface area contributed by atoms with Gasteiger partial charge in [0.25, 0.3) is 0 Å². The van der Waals surface area contributed by atoms with Gasteiger partial charge in [-0.1, -0.05) is 12.1 Å². The van der Waals surface area contributed by atoms with Gasteiger partial charge >= 0.3 is 0 Å². The summed E-state index contributed by atoms with van der Waals surface area (Å²) in [7, 11) is -3.20. The van der Waals surface area contributed by atoms with Crippen molar-refractivity contribution in [3.63, 3.8) is 0 Å². The Balaban J connectivity index is 1.88. The maximum absolute atomic E-state index is 11.5. The molecule has 1 aliphatic rings. The highest BCUT2D eigenvalue weighted by molar-refractivity contribution is 8.00. The van der Waals surface area contributed by atoms with Gasteiger partial charge in [-0.25, -0.2) is 8.42 Å². The molecule has 4 nitrogen and oxygen atoms in total. The van der Waals surface area contributed by atoms with Gasteiger partial charge in [-0.2, -0.15) is 11.8 Å². The Bertz CT molecular complexity index is 537. The van der Waals surface area contributed by atoms with Crippen LogP contribution in [0.1, 0.15) is 38.3 Å². The molecule has 0 spiro atoms. The predicted octanol–water partition coefficient (Wildman–Crippen LogP) is 2.99. The molecule has 2 rings (SSSR count). The van der Waals surface area contributed by atoms with E-state index in [4.69, 9.17) is 0 Å². The molecule has 2 N–H and O–H groups in total. The van der Waals surface area contributed by atoms with E-state index >= 15 is 0 Å². The van der Waals surface area contributed by atoms with Crippen molar-refractivity contribution in [1.29, 1.82) is 0 Å². The van der Waals surface area contributed by atoms with Crippen LogP contribution in [0.3, 0.4) is 0 Å². The standard InChI is InChI=1S/C15H24N2O2S2/c1-3-21(18,19)17-14-8-6-13(7-9-14)12(2)16-11-15-5-4-10-20-15/h6-9,12,15-17H,3-5,10-11H2,1-2H3/t12-,15-/m0/s1. The van der Waals surface area contributed by atoms with Crippen LogP contribution in [0.4, 0.5) is 5.69 Å². The monoisotopic (exact) mass is 328 g/mol. The van der Waals surface area contributed by atoms with Gasteiger partial charge in [0.05, 0.1) is 5.75 Å². The molecule has 0 amide bonds. The van der Waals surface area contributed by atoms with Crippen LogP contribution in [0.15, 0.2) is 24.3 Å². The van der Waals surface area contributed by atoms with Crippen LogP contribution in [0.25, 0.3) is 0 Å². The normalized spacial score (nSPS) is 20.4. The summed E-state index contributed by atoms with van der Waals surface area (Å²) >= 11 is 2.05. The van der Waals surface area contributed by atoms with Crippen molar-refractivity contribution in [2.45, 2.75) is 38.0 Å². The molecular weight excluding hydrogens is 304 g/mol. The lowest BCUT2D eigenvalue weighted by Gasteiger charge is -2.17. The summed E-state index contributed by atoms with van der Waals surface area (Å²) in [6.45, 7) is 4.81. The van der Waals surface area contributed by atoms with Crippen LogP contribution in [-0.4, -0.2) is 31.7 Å². The fraction of sp³-hybridized carbons (Fsp3) is 0.600. The quantitative estimate of drug-likeness (QED) is 0.808. The topological polar surface area (TPSA) is 58.2 Å².